The average molecular weight is 793 g/mol. The highest BCUT2D eigenvalue weighted by molar-refractivity contribution is 6.14. The lowest BCUT2D eigenvalue weighted by Gasteiger charge is -2.21. The lowest BCUT2D eigenvalue weighted by atomic mass is 9.82. The maximum Gasteiger partial charge on any atom is 0.160 e. The maximum absolute atomic E-state index is 6.69. The Morgan fingerprint density at radius 1 is 0.387 bits per heavy atom. The third-order valence-corrected chi connectivity index (χ3v) is 12.9. The predicted molar refractivity (Wildman–Crippen MR) is 257 cm³/mol. The SMILES string of the molecule is CC1(C)c2ccccc2-c2c1ccc1nc(-c3cccc(-c4cccc(-c5cc(-c6ccccc6)cc(-c6ccccc6)c5)c4)c3)nc(-c3cccc4c3oc3ccccc34)c21. The summed E-state index contributed by atoms with van der Waals surface area (Å²) in [6.07, 6.45) is 0. The highest BCUT2D eigenvalue weighted by Crippen LogP contribution is 2.53. The maximum atomic E-state index is 6.69. The Bertz CT molecular complexity index is 3490. The normalized spacial score (nSPS) is 12.8. The number of benzene rings is 9. The lowest BCUT2D eigenvalue weighted by Crippen LogP contribution is -2.14. The average Bonchev–Trinajstić information content (AvgIpc) is 3.83. The van der Waals surface area contributed by atoms with Crippen molar-refractivity contribution < 1.29 is 4.42 Å². The van der Waals surface area contributed by atoms with Gasteiger partial charge in [-0.15, -0.1) is 0 Å². The molecule has 9 aromatic carbocycles. The van der Waals surface area contributed by atoms with Crippen LogP contribution < -0.4 is 0 Å². The number of para-hydroxylation sites is 2. The molecular formula is C59H40N2O. The van der Waals surface area contributed by atoms with Crippen molar-refractivity contribution in [1.29, 1.82) is 0 Å². The van der Waals surface area contributed by atoms with E-state index < -0.39 is 0 Å². The molecular weight excluding hydrogens is 753 g/mol. The highest BCUT2D eigenvalue weighted by atomic mass is 16.3. The van der Waals surface area contributed by atoms with E-state index in [9.17, 15) is 0 Å². The van der Waals surface area contributed by atoms with Crippen LogP contribution in [0.3, 0.4) is 0 Å². The van der Waals surface area contributed by atoms with E-state index in [0.29, 0.717) is 5.82 Å². The third-order valence-electron chi connectivity index (χ3n) is 12.9. The molecule has 0 spiro atoms. The molecule has 0 unspecified atom stereocenters. The fourth-order valence-corrected chi connectivity index (χ4v) is 9.78. The molecule has 12 rings (SSSR count). The number of aromatic nitrogens is 2. The van der Waals surface area contributed by atoms with Gasteiger partial charge in [-0.1, -0.05) is 172 Å². The summed E-state index contributed by atoms with van der Waals surface area (Å²) in [7, 11) is 0. The minimum absolute atomic E-state index is 0.170. The van der Waals surface area contributed by atoms with Crippen LogP contribution in [-0.4, -0.2) is 9.97 Å². The van der Waals surface area contributed by atoms with Gasteiger partial charge < -0.3 is 4.42 Å². The number of rotatable bonds is 6. The molecule has 3 heteroatoms. The van der Waals surface area contributed by atoms with Crippen molar-refractivity contribution in [3.05, 3.63) is 217 Å². The van der Waals surface area contributed by atoms with E-state index in [-0.39, 0.29) is 5.41 Å². The van der Waals surface area contributed by atoms with E-state index in [1.54, 1.807) is 0 Å². The Morgan fingerprint density at radius 2 is 0.903 bits per heavy atom. The first kappa shape index (κ1) is 36.0. The molecule has 1 aliphatic rings. The summed E-state index contributed by atoms with van der Waals surface area (Å²) >= 11 is 0. The molecule has 3 nitrogen and oxygen atoms in total. The Kier molecular flexibility index (Phi) is 8.20. The van der Waals surface area contributed by atoms with Crippen LogP contribution in [0.25, 0.3) is 111 Å². The van der Waals surface area contributed by atoms with Crippen molar-refractivity contribution in [1.82, 2.24) is 9.97 Å². The molecule has 0 aliphatic heterocycles. The van der Waals surface area contributed by atoms with Crippen molar-refractivity contribution in [3.63, 3.8) is 0 Å². The van der Waals surface area contributed by atoms with E-state index in [1.807, 2.05) is 12.1 Å². The molecule has 11 aromatic rings. The molecule has 0 saturated carbocycles. The smallest absolute Gasteiger partial charge is 0.160 e. The van der Waals surface area contributed by atoms with Crippen LogP contribution in [0.1, 0.15) is 25.0 Å². The molecule has 0 radical (unpaired) electrons. The zero-order valence-electron chi connectivity index (χ0n) is 34.4. The molecule has 2 aromatic heterocycles. The third kappa shape index (κ3) is 5.81. The molecule has 292 valence electrons. The van der Waals surface area contributed by atoms with E-state index in [4.69, 9.17) is 14.4 Å². The molecule has 0 bridgehead atoms. The van der Waals surface area contributed by atoms with E-state index in [1.165, 1.54) is 50.1 Å². The molecule has 0 atom stereocenters. The molecule has 1 aliphatic carbocycles. The number of hydrogen-bond donors (Lipinski definition) is 0. The van der Waals surface area contributed by atoms with Crippen LogP contribution in [0.15, 0.2) is 211 Å². The number of fused-ring (bicyclic) bond motifs is 8. The van der Waals surface area contributed by atoms with Crippen molar-refractivity contribution in [2.45, 2.75) is 19.3 Å². The van der Waals surface area contributed by atoms with Crippen molar-refractivity contribution in [2.75, 3.05) is 0 Å². The van der Waals surface area contributed by atoms with Gasteiger partial charge in [0, 0.05) is 32.7 Å². The van der Waals surface area contributed by atoms with Crippen LogP contribution in [0.2, 0.25) is 0 Å². The molecule has 0 saturated heterocycles. The van der Waals surface area contributed by atoms with Gasteiger partial charge in [-0.25, -0.2) is 9.97 Å². The summed E-state index contributed by atoms with van der Waals surface area (Å²) < 4.78 is 6.69. The van der Waals surface area contributed by atoms with Gasteiger partial charge in [-0.2, -0.15) is 0 Å². The van der Waals surface area contributed by atoms with E-state index in [0.717, 1.165) is 66.4 Å². The second kappa shape index (κ2) is 14.1. The second-order valence-corrected chi connectivity index (χ2v) is 16.9. The van der Waals surface area contributed by atoms with Gasteiger partial charge >= 0.3 is 0 Å². The first-order valence-corrected chi connectivity index (χ1v) is 21.3. The summed E-state index contributed by atoms with van der Waals surface area (Å²) in [6, 6.07) is 73.7. The summed E-state index contributed by atoms with van der Waals surface area (Å²) in [5.74, 6) is 0.673. The molecule has 2 heterocycles. The van der Waals surface area contributed by atoms with Gasteiger partial charge in [0.1, 0.15) is 11.2 Å². The Labute approximate surface area is 360 Å². The monoisotopic (exact) mass is 792 g/mol. The predicted octanol–water partition coefficient (Wildman–Crippen LogP) is 15.8. The second-order valence-electron chi connectivity index (χ2n) is 16.9. The van der Waals surface area contributed by atoms with Gasteiger partial charge in [0.2, 0.25) is 0 Å². The first-order chi connectivity index (χ1) is 30.5. The van der Waals surface area contributed by atoms with Crippen molar-refractivity contribution in [2.24, 2.45) is 0 Å². The Balaban J connectivity index is 1.03. The molecule has 0 amide bonds. The number of hydrogen-bond acceptors (Lipinski definition) is 3. The van der Waals surface area contributed by atoms with Gasteiger partial charge in [0.05, 0.1) is 11.2 Å². The van der Waals surface area contributed by atoms with Gasteiger partial charge in [0.25, 0.3) is 0 Å². The highest BCUT2D eigenvalue weighted by Gasteiger charge is 2.37. The van der Waals surface area contributed by atoms with Gasteiger partial charge in [0.15, 0.2) is 5.82 Å². The summed E-state index contributed by atoms with van der Waals surface area (Å²) in [6.45, 7) is 4.64. The van der Waals surface area contributed by atoms with Crippen LogP contribution in [0.5, 0.6) is 0 Å². The molecule has 62 heavy (non-hydrogen) atoms. The summed E-state index contributed by atoms with van der Waals surface area (Å²) in [4.78, 5) is 11.0. The number of furan rings is 1. The zero-order chi connectivity index (χ0) is 41.4. The van der Waals surface area contributed by atoms with Crippen LogP contribution in [-0.2, 0) is 5.41 Å². The number of nitrogens with zero attached hydrogens (tertiary/aromatic N) is 2. The first-order valence-electron chi connectivity index (χ1n) is 21.3. The standard InChI is InChI=1S/C59H40N2O/c1-59(2)50-28-11-9-25-48(50)54-51(59)30-31-52-55(54)56(49-27-15-26-47-46-24-10-12-29-53(46)62-57(47)49)61-58(60-52)42-23-14-21-40(33-42)39-20-13-22-41(32-39)45-35-43(37-16-5-3-6-17-37)34-44(36-45)38-18-7-4-8-19-38/h3-36H,1-2H3. The van der Waals surface area contributed by atoms with Gasteiger partial charge in [-0.05, 0) is 115 Å². The van der Waals surface area contributed by atoms with Crippen molar-refractivity contribution >= 4 is 32.8 Å². The largest absolute Gasteiger partial charge is 0.455 e. The minimum Gasteiger partial charge on any atom is -0.455 e. The Hall–Kier alpha value is -7.88. The van der Waals surface area contributed by atoms with Crippen molar-refractivity contribution in [3.8, 4) is 78.3 Å². The topological polar surface area (TPSA) is 38.9 Å². The van der Waals surface area contributed by atoms with Crippen LogP contribution in [0.4, 0.5) is 0 Å². The molecule has 0 fully saturated rings. The van der Waals surface area contributed by atoms with E-state index in [2.05, 4.69) is 208 Å². The van der Waals surface area contributed by atoms with Crippen LogP contribution >= 0.6 is 0 Å². The zero-order valence-corrected chi connectivity index (χ0v) is 34.4. The lowest BCUT2D eigenvalue weighted by molar-refractivity contribution is 0.661. The Morgan fingerprint density at radius 3 is 1.63 bits per heavy atom. The molecule has 0 N–H and O–H groups in total. The van der Waals surface area contributed by atoms with E-state index >= 15 is 0 Å². The summed E-state index contributed by atoms with van der Waals surface area (Å²) in [5.41, 5.74) is 19.6. The van der Waals surface area contributed by atoms with Crippen LogP contribution in [0, 0.1) is 0 Å². The minimum atomic E-state index is -0.170. The van der Waals surface area contributed by atoms with Gasteiger partial charge in [-0.3, -0.25) is 0 Å². The quantitative estimate of drug-likeness (QED) is 0.168. The fraction of sp³-hybridized carbons (Fsp3) is 0.0508. The summed E-state index contributed by atoms with van der Waals surface area (Å²) in [5, 5.41) is 3.22. The fourth-order valence-electron chi connectivity index (χ4n) is 9.78.